The lowest BCUT2D eigenvalue weighted by molar-refractivity contribution is 0.0470. The molecule has 0 saturated heterocycles. The zero-order chi connectivity index (χ0) is 15.3. The molecule has 1 saturated carbocycles. The third-order valence-corrected chi connectivity index (χ3v) is 4.71. The topological polar surface area (TPSA) is 38.9 Å². The molecule has 0 spiro atoms. The molecule has 2 aromatic rings. The summed E-state index contributed by atoms with van der Waals surface area (Å²) in [6, 6.07) is 10.5. The largest absolute Gasteiger partial charge is 0.321 e. The maximum atomic E-state index is 6.88. The molecule has 1 aliphatic carbocycles. The van der Waals surface area contributed by atoms with Crippen molar-refractivity contribution in [2.24, 2.45) is 16.6 Å². The number of hydrogen-bond donors (Lipinski definition) is 1. The zero-order valence-electron chi connectivity index (χ0n) is 13.6. The molecule has 0 bridgehead atoms. The van der Waals surface area contributed by atoms with Crippen molar-refractivity contribution in [3.05, 3.63) is 42.1 Å². The van der Waals surface area contributed by atoms with Gasteiger partial charge in [-0.15, -0.1) is 0 Å². The van der Waals surface area contributed by atoms with E-state index < -0.39 is 0 Å². The summed E-state index contributed by atoms with van der Waals surface area (Å²) in [6.45, 7) is 9.35. The summed E-state index contributed by atoms with van der Waals surface area (Å²) < 4.78 is 0. The second kappa shape index (κ2) is 4.54. The fourth-order valence-corrected chi connectivity index (χ4v) is 4.74. The molecular formula is C19H26N2. The summed E-state index contributed by atoms with van der Waals surface area (Å²) in [5.41, 5.74) is 9.36. The SMILES string of the molecule is CC1(C)CC(C)(C)CC(N)(c2cnc3ccccc3c2)C1. The normalized spacial score (nSPS) is 23.1. The fraction of sp³-hybridized carbons (Fsp3) is 0.526. The van der Waals surface area contributed by atoms with Gasteiger partial charge >= 0.3 is 0 Å². The van der Waals surface area contributed by atoms with Gasteiger partial charge in [0.05, 0.1) is 5.52 Å². The lowest BCUT2D eigenvalue weighted by Crippen LogP contribution is -2.49. The predicted octanol–water partition coefficient (Wildman–Crippen LogP) is 4.63. The van der Waals surface area contributed by atoms with Crippen LogP contribution < -0.4 is 5.73 Å². The summed E-state index contributed by atoms with van der Waals surface area (Å²) in [4.78, 5) is 4.62. The highest BCUT2D eigenvalue weighted by Gasteiger charge is 2.46. The number of aromatic nitrogens is 1. The van der Waals surface area contributed by atoms with Crippen LogP contribution >= 0.6 is 0 Å². The molecule has 21 heavy (non-hydrogen) atoms. The first-order valence-electron chi connectivity index (χ1n) is 7.84. The monoisotopic (exact) mass is 282 g/mol. The van der Waals surface area contributed by atoms with Gasteiger partial charge in [0.15, 0.2) is 0 Å². The Labute approximate surface area is 127 Å². The van der Waals surface area contributed by atoms with Crippen LogP contribution in [0, 0.1) is 10.8 Å². The quantitative estimate of drug-likeness (QED) is 0.828. The van der Waals surface area contributed by atoms with Crippen molar-refractivity contribution in [1.82, 2.24) is 4.98 Å². The van der Waals surface area contributed by atoms with Crippen LogP contribution in [0.4, 0.5) is 0 Å². The number of pyridine rings is 1. The molecule has 2 nitrogen and oxygen atoms in total. The van der Waals surface area contributed by atoms with Gasteiger partial charge in [-0.25, -0.2) is 0 Å². The number of benzene rings is 1. The molecule has 0 aliphatic heterocycles. The fourth-order valence-electron chi connectivity index (χ4n) is 4.74. The highest BCUT2D eigenvalue weighted by molar-refractivity contribution is 5.79. The van der Waals surface area contributed by atoms with Crippen molar-refractivity contribution in [3.8, 4) is 0 Å². The van der Waals surface area contributed by atoms with E-state index in [0.717, 1.165) is 18.4 Å². The first-order valence-corrected chi connectivity index (χ1v) is 7.84. The van der Waals surface area contributed by atoms with Gasteiger partial charge in [-0.2, -0.15) is 0 Å². The Morgan fingerprint density at radius 3 is 2.24 bits per heavy atom. The molecule has 112 valence electrons. The lowest BCUT2D eigenvalue weighted by atomic mass is 9.57. The summed E-state index contributed by atoms with van der Waals surface area (Å²) in [6.07, 6.45) is 5.24. The second-order valence-electron chi connectivity index (χ2n) is 8.43. The molecule has 1 aromatic heterocycles. The van der Waals surface area contributed by atoms with Crippen LogP contribution in [0.1, 0.15) is 52.5 Å². The summed E-state index contributed by atoms with van der Waals surface area (Å²) >= 11 is 0. The summed E-state index contributed by atoms with van der Waals surface area (Å²) in [5, 5.41) is 1.18. The highest BCUT2D eigenvalue weighted by Crippen LogP contribution is 2.52. The molecule has 1 aromatic carbocycles. The minimum absolute atomic E-state index is 0.266. The Balaban J connectivity index is 2.07. The van der Waals surface area contributed by atoms with E-state index in [2.05, 4.69) is 56.9 Å². The summed E-state index contributed by atoms with van der Waals surface area (Å²) in [7, 11) is 0. The maximum Gasteiger partial charge on any atom is 0.0702 e. The average Bonchev–Trinajstić information content (AvgIpc) is 2.34. The first-order chi connectivity index (χ1) is 9.69. The third-order valence-electron chi connectivity index (χ3n) is 4.71. The van der Waals surface area contributed by atoms with Gasteiger partial charge in [-0.3, -0.25) is 4.98 Å². The van der Waals surface area contributed by atoms with Gasteiger partial charge in [-0.05, 0) is 47.8 Å². The highest BCUT2D eigenvalue weighted by atomic mass is 14.8. The molecule has 1 fully saturated rings. The van der Waals surface area contributed by atoms with Gasteiger partial charge < -0.3 is 5.73 Å². The molecule has 0 atom stereocenters. The molecule has 3 rings (SSSR count). The molecule has 0 amide bonds. The third kappa shape index (κ3) is 2.82. The molecule has 1 aliphatic rings. The van der Waals surface area contributed by atoms with E-state index in [9.17, 15) is 0 Å². The number of rotatable bonds is 1. The Kier molecular flexibility index (Phi) is 3.14. The summed E-state index contributed by atoms with van der Waals surface area (Å²) in [5.74, 6) is 0. The molecule has 2 heteroatoms. The van der Waals surface area contributed by atoms with Crippen molar-refractivity contribution >= 4 is 10.9 Å². The molecule has 0 radical (unpaired) electrons. The van der Waals surface area contributed by atoms with Crippen molar-refractivity contribution in [1.29, 1.82) is 0 Å². The Morgan fingerprint density at radius 2 is 1.57 bits per heavy atom. The number of nitrogens with zero attached hydrogens (tertiary/aromatic N) is 1. The van der Waals surface area contributed by atoms with Gasteiger partial charge in [0.25, 0.3) is 0 Å². The standard InChI is InChI=1S/C19H26N2/c1-17(2)11-18(3,4)13-19(20,12-17)15-9-14-7-5-6-8-16(14)21-10-15/h5-10H,11-13,20H2,1-4H3. The van der Waals surface area contributed by atoms with Crippen LogP contribution in [0.5, 0.6) is 0 Å². The van der Waals surface area contributed by atoms with E-state index in [1.54, 1.807) is 0 Å². The Hall–Kier alpha value is -1.41. The number of hydrogen-bond acceptors (Lipinski definition) is 2. The lowest BCUT2D eigenvalue weighted by Gasteiger charge is -2.50. The minimum Gasteiger partial charge on any atom is -0.321 e. The maximum absolute atomic E-state index is 6.88. The zero-order valence-corrected chi connectivity index (χ0v) is 13.6. The van der Waals surface area contributed by atoms with Crippen molar-refractivity contribution in [2.75, 3.05) is 0 Å². The first kappa shape index (κ1) is 14.5. The van der Waals surface area contributed by atoms with Gasteiger partial charge in [0, 0.05) is 17.1 Å². The van der Waals surface area contributed by atoms with E-state index in [1.165, 1.54) is 17.4 Å². The molecule has 2 N–H and O–H groups in total. The van der Waals surface area contributed by atoms with Crippen LogP contribution in [0.3, 0.4) is 0 Å². The van der Waals surface area contributed by atoms with Crippen LogP contribution in [0.2, 0.25) is 0 Å². The van der Waals surface area contributed by atoms with E-state index >= 15 is 0 Å². The van der Waals surface area contributed by atoms with Crippen LogP contribution in [0.15, 0.2) is 36.5 Å². The van der Waals surface area contributed by atoms with Crippen molar-refractivity contribution in [3.63, 3.8) is 0 Å². The molecule has 0 unspecified atom stereocenters. The van der Waals surface area contributed by atoms with E-state index in [-0.39, 0.29) is 16.4 Å². The Morgan fingerprint density at radius 1 is 0.952 bits per heavy atom. The van der Waals surface area contributed by atoms with Gasteiger partial charge in [0.1, 0.15) is 0 Å². The van der Waals surface area contributed by atoms with Crippen LogP contribution in [-0.2, 0) is 5.54 Å². The minimum atomic E-state index is -0.276. The smallest absolute Gasteiger partial charge is 0.0702 e. The number of nitrogens with two attached hydrogens (primary N) is 1. The van der Waals surface area contributed by atoms with Crippen molar-refractivity contribution < 1.29 is 0 Å². The van der Waals surface area contributed by atoms with E-state index in [1.807, 2.05) is 12.3 Å². The average molecular weight is 282 g/mol. The second-order valence-corrected chi connectivity index (χ2v) is 8.43. The van der Waals surface area contributed by atoms with Crippen LogP contribution in [-0.4, -0.2) is 4.98 Å². The predicted molar refractivity (Wildman–Crippen MR) is 89.0 cm³/mol. The molecule has 1 heterocycles. The Bertz CT molecular complexity index is 654. The molecular weight excluding hydrogens is 256 g/mol. The van der Waals surface area contributed by atoms with E-state index in [0.29, 0.717) is 0 Å². The van der Waals surface area contributed by atoms with Crippen molar-refractivity contribution in [2.45, 2.75) is 52.5 Å². The number of fused-ring (bicyclic) bond motifs is 1. The van der Waals surface area contributed by atoms with E-state index in [4.69, 9.17) is 5.73 Å². The van der Waals surface area contributed by atoms with Gasteiger partial charge in [0.2, 0.25) is 0 Å². The number of para-hydroxylation sites is 1. The van der Waals surface area contributed by atoms with Crippen LogP contribution in [0.25, 0.3) is 10.9 Å². The van der Waals surface area contributed by atoms with Gasteiger partial charge in [-0.1, -0.05) is 45.9 Å².